The number of nitrogens with one attached hydrogen (secondary N) is 1. The molecule has 0 aliphatic carbocycles. The number of aromatic carboxylic acids is 1. The van der Waals surface area contributed by atoms with E-state index in [4.69, 9.17) is 9.84 Å². The van der Waals surface area contributed by atoms with Crippen molar-refractivity contribution in [2.45, 2.75) is 18.0 Å². The van der Waals surface area contributed by atoms with E-state index in [1.807, 2.05) is 6.92 Å². The highest BCUT2D eigenvalue weighted by atomic mass is 32.2. The summed E-state index contributed by atoms with van der Waals surface area (Å²) < 4.78 is 73.1. The van der Waals surface area contributed by atoms with Crippen LogP contribution >= 0.6 is 11.3 Å². The normalized spacial score (nSPS) is 11.9. The van der Waals surface area contributed by atoms with Crippen LogP contribution in [0.2, 0.25) is 0 Å². The van der Waals surface area contributed by atoms with Gasteiger partial charge in [-0.3, -0.25) is 4.72 Å². The Morgan fingerprint density at radius 1 is 1.10 bits per heavy atom. The molecule has 31 heavy (non-hydrogen) atoms. The van der Waals surface area contributed by atoms with Gasteiger partial charge in [-0.25, -0.2) is 13.2 Å². The van der Waals surface area contributed by atoms with Gasteiger partial charge in [0.1, 0.15) is 10.6 Å². The molecule has 0 radical (unpaired) electrons. The van der Waals surface area contributed by atoms with Crippen molar-refractivity contribution >= 4 is 33.0 Å². The summed E-state index contributed by atoms with van der Waals surface area (Å²) in [6.07, 6.45) is -4.69. The number of ether oxygens (including phenoxy) is 1. The number of carboxylic acids is 1. The van der Waals surface area contributed by atoms with Crippen LogP contribution in [-0.4, -0.2) is 26.6 Å². The van der Waals surface area contributed by atoms with Gasteiger partial charge in [-0.05, 0) is 49.4 Å². The van der Waals surface area contributed by atoms with Gasteiger partial charge in [0.2, 0.25) is 0 Å². The van der Waals surface area contributed by atoms with Gasteiger partial charge in [0.15, 0.2) is 0 Å². The van der Waals surface area contributed by atoms with Crippen LogP contribution in [0.25, 0.3) is 10.4 Å². The summed E-state index contributed by atoms with van der Waals surface area (Å²) in [6.45, 7) is 1.81. The third-order valence-corrected chi connectivity index (χ3v) is 6.72. The number of alkyl halides is 3. The molecule has 3 aromatic rings. The average Bonchev–Trinajstić information content (AvgIpc) is 3.12. The van der Waals surface area contributed by atoms with Gasteiger partial charge in [0.25, 0.3) is 10.0 Å². The van der Waals surface area contributed by atoms with E-state index in [-0.39, 0.29) is 22.6 Å². The van der Waals surface area contributed by atoms with Crippen LogP contribution < -0.4 is 9.46 Å². The van der Waals surface area contributed by atoms with Crippen molar-refractivity contribution in [2.75, 3.05) is 11.8 Å². The lowest BCUT2D eigenvalue weighted by atomic mass is 10.1. The van der Waals surface area contributed by atoms with Crippen molar-refractivity contribution in [1.29, 1.82) is 0 Å². The molecule has 0 amide bonds. The minimum atomic E-state index is -4.69. The first kappa shape index (κ1) is 22.6. The Hall–Kier alpha value is -3.05. The van der Waals surface area contributed by atoms with Gasteiger partial charge in [0.05, 0.1) is 23.9 Å². The third kappa shape index (κ3) is 4.83. The number of hydrogen-bond acceptors (Lipinski definition) is 5. The molecule has 1 heterocycles. The molecule has 6 nitrogen and oxygen atoms in total. The third-order valence-electron chi connectivity index (χ3n) is 4.30. The molecule has 0 aliphatic heterocycles. The molecule has 0 saturated heterocycles. The summed E-state index contributed by atoms with van der Waals surface area (Å²) in [4.78, 5) is 12.2. The Kier molecular flexibility index (Phi) is 6.01. The lowest BCUT2D eigenvalue weighted by Crippen LogP contribution is -2.16. The first-order valence-electron chi connectivity index (χ1n) is 8.64. The van der Waals surface area contributed by atoms with Crippen LogP contribution in [0.5, 0.6) is 5.75 Å². The van der Waals surface area contributed by atoms with Crippen LogP contribution in [0.15, 0.2) is 53.4 Å². The summed E-state index contributed by atoms with van der Waals surface area (Å²) in [7, 11) is -3.31. The van der Waals surface area contributed by atoms with Crippen LogP contribution in [0.4, 0.5) is 18.9 Å². The van der Waals surface area contributed by atoms with E-state index in [2.05, 4.69) is 4.72 Å². The number of hydrogen-bond donors (Lipinski definition) is 2. The largest absolute Gasteiger partial charge is 0.495 e. The summed E-state index contributed by atoms with van der Waals surface area (Å²) in [5.41, 5.74) is -1.39. The molecule has 2 aromatic carbocycles. The van der Waals surface area contributed by atoms with Crippen LogP contribution in [-0.2, 0) is 16.2 Å². The second-order valence-electron chi connectivity index (χ2n) is 6.44. The number of anilines is 1. The molecule has 0 spiro atoms. The molecule has 1 aromatic heterocycles. The number of rotatable bonds is 6. The summed E-state index contributed by atoms with van der Waals surface area (Å²) in [6, 6.07) is 9.39. The molecule has 0 atom stereocenters. The first-order valence-corrected chi connectivity index (χ1v) is 10.9. The molecular weight excluding hydrogens is 455 g/mol. The molecule has 2 N–H and O–H groups in total. The molecular formula is C20H16F3NO5S2. The predicted octanol–water partition coefficient (Wildman–Crippen LogP) is 5.25. The molecule has 0 aliphatic rings. The topological polar surface area (TPSA) is 92.7 Å². The van der Waals surface area contributed by atoms with Crippen molar-refractivity contribution < 1.29 is 36.2 Å². The minimum Gasteiger partial charge on any atom is -0.495 e. The quantitative estimate of drug-likeness (QED) is 0.512. The smallest absolute Gasteiger partial charge is 0.416 e. The van der Waals surface area contributed by atoms with E-state index in [9.17, 15) is 26.4 Å². The van der Waals surface area contributed by atoms with Crippen LogP contribution in [0.1, 0.15) is 20.8 Å². The maximum Gasteiger partial charge on any atom is 0.416 e. The Bertz CT molecular complexity index is 1250. The van der Waals surface area contributed by atoms with Crippen molar-refractivity contribution in [3.8, 4) is 16.2 Å². The maximum atomic E-state index is 13.3. The lowest BCUT2D eigenvalue weighted by molar-refractivity contribution is -0.137. The monoisotopic (exact) mass is 471 g/mol. The number of carbonyl (C=O) groups is 1. The second-order valence-corrected chi connectivity index (χ2v) is 9.38. The van der Waals surface area contributed by atoms with E-state index in [0.29, 0.717) is 10.9 Å². The number of sulfonamides is 1. The Labute approximate surface area is 180 Å². The van der Waals surface area contributed by atoms with Gasteiger partial charge in [0, 0.05) is 15.3 Å². The number of thiophene rings is 1. The van der Waals surface area contributed by atoms with E-state index in [1.54, 1.807) is 12.1 Å². The first-order chi connectivity index (χ1) is 14.4. The van der Waals surface area contributed by atoms with E-state index in [0.717, 1.165) is 29.1 Å². The van der Waals surface area contributed by atoms with Gasteiger partial charge in [-0.2, -0.15) is 13.2 Å². The number of benzene rings is 2. The maximum absolute atomic E-state index is 13.3. The van der Waals surface area contributed by atoms with Crippen molar-refractivity contribution in [3.63, 3.8) is 0 Å². The highest BCUT2D eigenvalue weighted by Gasteiger charge is 2.32. The van der Waals surface area contributed by atoms with E-state index in [1.165, 1.54) is 24.5 Å². The number of carboxylic acid groups (broad SMARTS) is 1. The van der Waals surface area contributed by atoms with Crippen molar-refractivity contribution in [2.24, 2.45) is 0 Å². The van der Waals surface area contributed by atoms with Gasteiger partial charge in [-0.15, -0.1) is 11.3 Å². The van der Waals surface area contributed by atoms with Gasteiger partial charge in [-0.1, -0.05) is 6.07 Å². The van der Waals surface area contributed by atoms with Crippen molar-refractivity contribution in [1.82, 2.24) is 0 Å². The fourth-order valence-electron chi connectivity index (χ4n) is 2.82. The molecule has 164 valence electrons. The standard InChI is InChI=1S/C20H16F3NO5S2/c1-11-3-8-17(30-11)14-6-5-13(20(21,22)23)10-15(14)24-31(27,28)18-9-12(19(25)26)4-7-16(18)29-2/h3-10,24H,1-2H3,(H,25,26). The summed E-state index contributed by atoms with van der Waals surface area (Å²) >= 11 is 1.29. The summed E-state index contributed by atoms with van der Waals surface area (Å²) in [5.74, 6) is -1.52. The van der Waals surface area contributed by atoms with Crippen LogP contribution in [0, 0.1) is 6.92 Å². The van der Waals surface area contributed by atoms with Crippen molar-refractivity contribution in [3.05, 3.63) is 64.5 Å². The Morgan fingerprint density at radius 2 is 1.81 bits per heavy atom. The molecule has 11 heteroatoms. The Balaban J connectivity index is 2.16. The predicted molar refractivity (Wildman–Crippen MR) is 110 cm³/mol. The number of halogens is 3. The number of aryl methyl sites for hydroxylation is 1. The highest BCUT2D eigenvalue weighted by molar-refractivity contribution is 7.92. The highest BCUT2D eigenvalue weighted by Crippen LogP contribution is 2.39. The summed E-state index contributed by atoms with van der Waals surface area (Å²) in [5, 5.41) is 9.17. The van der Waals surface area contributed by atoms with Crippen LogP contribution in [0.3, 0.4) is 0 Å². The Morgan fingerprint density at radius 3 is 2.35 bits per heavy atom. The SMILES string of the molecule is COc1ccc(C(=O)O)cc1S(=O)(=O)Nc1cc(C(F)(F)F)ccc1-c1ccc(C)s1. The second kappa shape index (κ2) is 8.23. The fourth-order valence-corrected chi connectivity index (χ4v) is 4.99. The molecule has 0 saturated carbocycles. The molecule has 3 rings (SSSR count). The van der Waals surface area contributed by atoms with E-state index < -0.39 is 32.6 Å². The molecule has 0 unspecified atom stereocenters. The van der Waals surface area contributed by atoms with Gasteiger partial charge >= 0.3 is 12.1 Å². The zero-order chi connectivity index (χ0) is 23.0. The lowest BCUT2D eigenvalue weighted by Gasteiger charge is -2.16. The molecule has 0 bridgehead atoms. The zero-order valence-electron chi connectivity index (χ0n) is 16.1. The fraction of sp³-hybridized carbons (Fsp3) is 0.150. The zero-order valence-corrected chi connectivity index (χ0v) is 17.8. The number of methoxy groups -OCH3 is 1. The average molecular weight is 471 g/mol. The van der Waals surface area contributed by atoms with Gasteiger partial charge < -0.3 is 9.84 Å². The molecule has 0 fully saturated rings. The van der Waals surface area contributed by atoms with E-state index >= 15 is 0 Å². The minimum absolute atomic E-state index is 0.155.